The first-order valence-electron chi connectivity index (χ1n) is 5.39. The second kappa shape index (κ2) is 4.83. The van der Waals surface area contributed by atoms with Crippen LogP contribution in [-0.2, 0) is 4.79 Å². The summed E-state index contributed by atoms with van der Waals surface area (Å²) in [6, 6.07) is 5.72. The van der Waals surface area contributed by atoms with Gasteiger partial charge in [-0.1, -0.05) is 39.7 Å². The highest BCUT2D eigenvalue weighted by atomic mass is 79.9. The van der Waals surface area contributed by atoms with Crippen molar-refractivity contribution in [1.82, 2.24) is 4.90 Å². The zero-order valence-corrected chi connectivity index (χ0v) is 12.0. The number of allylic oxidation sites excluding steroid dienone is 1. The van der Waals surface area contributed by atoms with Gasteiger partial charge >= 0.3 is 0 Å². The molecule has 0 spiro atoms. The van der Waals surface area contributed by atoms with Gasteiger partial charge in [-0.2, -0.15) is 0 Å². The molecule has 1 unspecified atom stereocenters. The summed E-state index contributed by atoms with van der Waals surface area (Å²) in [6.45, 7) is 2.00. The SMILES string of the molecule is Cc1cc(Cl)ccc1C1=CCC(Br)C(=O)N1C. The van der Waals surface area contributed by atoms with Crippen LogP contribution in [0.25, 0.3) is 5.70 Å². The zero-order chi connectivity index (χ0) is 12.6. The highest BCUT2D eigenvalue weighted by Gasteiger charge is 2.26. The highest BCUT2D eigenvalue weighted by Crippen LogP contribution is 2.30. The molecule has 0 N–H and O–H groups in total. The van der Waals surface area contributed by atoms with E-state index in [2.05, 4.69) is 22.0 Å². The third-order valence-corrected chi connectivity index (χ3v) is 3.94. The van der Waals surface area contributed by atoms with Crippen LogP contribution >= 0.6 is 27.5 Å². The minimum absolute atomic E-state index is 0.0943. The Hall–Kier alpha value is -0.800. The third kappa shape index (κ3) is 2.40. The fraction of sp³-hybridized carbons (Fsp3) is 0.308. The van der Waals surface area contributed by atoms with Gasteiger partial charge in [0.05, 0.1) is 4.83 Å². The maximum atomic E-state index is 11.9. The number of halogens is 2. The molecule has 1 aliphatic rings. The van der Waals surface area contributed by atoms with Crippen LogP contribution in [0.15, 0.2) is 24.3 Å². The molecule has 0 saturated carbocycles. The molecular weight excluding hydrogens is 302 g/mol. The average Bonchev–Trinajstić information content (AvgIpc) is 2.28. The molecule has 1 amide bonds. The summed E-state index contributed by atoms with van der Waals surface area (Å²) in [5.41, 5.74) is 3.10. The number of benzene rings is 1. The summed E-state index contributed by atoms with van der Waals surface area (Å²) in [5, 5.41) is 0.718. The molecule has 1 atom stereocenters. The molecule has 0 fully saturated rings. The van der Waals surface area contributed by atoms with Gasteiger partial charge in [-0.05, 0) is 31.0 Å². The molecule has 0 bridgehead atoms. The fourth-order valence-corrected chi connectivity index (χ4v) is 2.71. The molecule has 2 nitrogen and oxygen atoms in total. The van der Waals surface area contributed by atoms with E-state index < -0.39 is 0 Å². The Bertz CT molecular complexity index is 498. The van der Waals surface area contributed by atoms with Crippen LogP contribution in [0.1, 0.15) is 17.5 Å². The number of hydrogen-bond acceptors (Lipinski definition) is 1. The quantitative estimate of drug-likeness (QED) is 0.725. The normalized spacial score (nSPS) is 20.5. The minimum Gasteiger partial charge on any atom is -0.314 e. The molecule has 1 heterocycles. The lowest BCUT2D eigenvalue weighted by Gasteiger charge is -2.28. The molecule has 1 aromatic carbocycles. The van der Waals surface area contributed by atoms with Crippen molar-refractivity contribution in [2.24, 2.45) is 0 Å². The average molecular weight is 315 g/mol. The molecule has 1 aromatic rings. The second-order valence-electron chi connectivity index (χ2n) is 4.15. The van der Waals surface area contributed by atoms with Crippen molar-refractivity contribution in [2.75, 3.05) is 7.05 Å². The Labute approximate surface area is 114 Å². The van der Waals surface area contributed by atoms with Gasteiger partial charge in [0.25, 0.3) is 0 Å². The van der Waals surface area contributed by atoms with Crippen LogP contribution in [0, 0.1) is 6.92 Å². The van der Waals surface area contributed by atoms with Crippen molar-refractivity contribution in [3.05, 3.63) is 40.4 Å². The number of carbonyl (C=O) groups excluding carboxylic acids is 1. The number of nitrogens with zero attached hydrogens (tertiary/aromatic N) is 1. The molecular formula is C13H13BrClNO. The summed E-state index contributed by atoms with van der Waals surface area (Å²) in [6.07, 6.45) is 2.80. The number of amides is 1. The van der Waals surface area contributed by atoms with Gasteiger partial charge in [0.1, 0.15) is 0 Å². The molecule has 2 rings (SSSR count). The van der Waals surface area contributed by atoms with Gasteiger partial charge in [0, 0.05) is 23.3 Å². The van der Waals surface area contributed by atoms with Gasteiger partial charge in [0.2, 0.25) is 5.91 Å². The molecule has 4 heteroatoms. The number of hydrogen-bond donors (Lipinski definition) is 0. The van der Waals surface area contributed by atoms with Crippen molar-refractivity contribution in [1.29, 1.82) is 0 Å². The Balaban J connectivity index is 2.43. The first-order chi connectivity index (χ1) is 8.00. The first-order valence-corrected chi connectivity index (χ1v) is 6.68. The predicted octanol–water partition coefficient (Wildman–Crippen LogP) is 3.61. The molecule has 0 aromatic heterocycles. The van der Waals surface area contributed by atoms with E-state index in [0.29, 0.717) is 0 Å². The van der Waals surface area contributed by atoms with Gasteiger partial charge in [-0.25, -0.2) is 0 Å². The van der Waals surface area contributed by atoms with Crippen molar-refractivity contribution >= 4 is 39.1 Å². The Morgan fingerprint density at radius 1 is 1.47 bits per heavy atom. The van der Waals surface area contributed by atoms with Gasteiger partial charge in [-0.3, -0.25) is 4.79 Å². The van der Waals surface area contributed by atoms with E-state index in [1.807, 2.05) is 25.1 Å². The molecule has 1 aliphatic heterocycles. The summed E-state index contributed by atoms with van der Waals surface area (Å²) >= 11 is 9.30. The number of alkyl halides is 1. The Morgan fingerprint density at radius 3 is 2.82 bits per heavy atom. The lowest BCUT2D eigenvalue weighted by molar-refractivity contribution is -0.126. The number of aryl methyl sites for hydroxylation is 1. The van der Waals surface area contributed by atoms with Crippen LogP contribution in [-0.4, -0.2) is 22.7 Å². The maximum absolute atomic E-state index is 11.9. The Kier molecular flexibility index (Phi) is 3.59. The van der Waals surface area contributed by atoms with Crippen molar-refractivity contribution in [3.63, 3.8) is 0 Å². The van der Waals surface area contributed by atoms with Gasteiger partial charge < -0.3 is 4.90 Å². The zero-order valence-electron chi connectivity index (χ0n) is 9.71. The van der Waals surface area contributed by atoms with E-state index in [-0.39, 0.29) is 10.7 Å². The van der Waals surface area contributed by atoms with Gasteiger partial charge in [-0.15, -0.1) is 0 Å². The summed E-state index contributed by atoms with van der Waals surface area (Å²) in [4.78, 5) is 13.5. The second-order valence-corrected chi connectivity index (χ2v) is 5.69. The first kappa shape index (κ1) is 12.7. The van der Waals surface area contributed by atoms with E-state index in [1.165, 1.54) is 0 Å². The summed E-state index contributed by atoms with van der Waals surface area (Å²) < 4.78 is 0. The van der Waals surface area contributed by atoms with Crippen molar-refractivity contribution < 1.29 is 4.79 Å². The fourth-order valence-electron chi connectivity index (χ4n) is 1.99. The van der Waals surface area contributed by atoms with Crippen LogP contribution in [0.2, 0.25) is 5.02 Å². The van der Waals surface area contributed by atoms with E-state index in [9.17, 15) is 4.79 Å². The lowest BCUT2D eigenvalue weighted by atomic mass is 10.0. The third-order valence-electron chi connectivity index (χ3n) is 2.94. The predicted molar refractivity (Wildman–Crippen MR) is 74.3 cm³/mol. The molecule has 0 aliphatic carbocycles. The minimum atomic E-state index is -0.108. The summed E-state index contributed by atoms with van der Waals surface area (Å²) in [7, 11) is 1.80. The lowest BCUT2D eigenvalue weighted by Crippen LogP contribution is -2.35. The molecule has 0 radical (unpaired) electrons. The Morgan fingerprint density at radius 2 is 2.18 bits per heavy atom. The number of carbonyl (C=O) groups is 1. The van der Waals surface area contributed by atoms with E-state index in [0.717, 1.165) is 28.3 Å². The van der Waals surface area contributed by atoms with Crippen LogP contribution in [0.4, 0.5) is 0 Å². The van der Waals surface area contributed by atoms with Crippen molar-refractivity contribution in [2.45, 2.75) is 18.2 Å². The van der Waals surface area contributed by atoms with E-state index >= 15 is 0 Å². The van der Waals surface area contributed by atoms with Crippen LogP contribution in [0.3, 0.4) is 0 Å². The van der Waals surface area contributed by atoms with Crippen molar-refractivity contribution in [3.8, 4) is 0 Å². The van der Waals surface area contributed by atoms with Crippen LogP contribution in [0.5, 0.6) is 0 Å². The standard InChI is InChI=1S/C13H13BrClNO/c1-8-7-9(15)3-4-10(8)12-6-5-11(14)13(17)16(12)2/h3-4,6-7,11H,5H2,1-2H3. The highest BCUT2D eigenvalue weighted by molar-refractivity contribution is 9.10. The summed E-state index contributed by atoms with van der Waals surface area (Å²) in [5.74, 6) is 0.0943. The largest absolute Gasteiger partial charge is 0.314 e. The molecule has 17 heavy (non-hydrogen) atoms. The smallest absolute Gasteiger partial charge is 0.240 e. The topological polar surface area (TPSA) is 20.3 Å². The molecule has 90 valence electrons. The van der Waals surface area contributed by atoms with Crippen LogP contribution < -0.4 is 0 Å². The van der Waals surface area contributed by atoms with E-state index in [1.54, 1.807) is 11.9 Å². The van der Waals surface area contributed by atoms with Gasteiger partial charge in [0.15, 0.2) is 0 Å². The molecule has 0 saturated heterocycles. The number of rotatable bonds is 1. The maximum Gasteiger partial charge on any atom is 0.240 e. The van der Waals surface area contributed by atoms with E-state index in [4.69, 9.17) is 11.6 Å². The monoisotopic (exact) mass is 313 g/mol.